The summed E-state index contributed by atoms with van der Waals surface area (Å²) in [6.07, 6.45) is 3.74. The van der Waals surface area contributed by atoms with Crippen LogP contribution in [0.25, 0.3) is 0 Å². The molecule has 1 amide bonds. The Morgan fingerprint density at radius 2 is 2.23 bits per heavy atom. The highest BCUT2D eigenvalue weighted by atomic mass is 16.5. The summed E-state index contributed by atoms with van der Waals surface area (Å²) in [5.74, 6) is 1.51. The lowest BCUT2D eigenvalue weighted by molar-refractivity contribution is -0.133. The molecule has 1 heterocycles. The second-order valence-corrected chi connectivity index (χ2v) is 6.29. The van der Waals surface area contributed by atoms with Gasteiger partial charge in [0.1, 0.15) is 5.75 Å². The Balaban J connectivity index is 1.88. The largest absolute Gasteiger partial charge is 0.496 e. The Hall–Kier alpha value is -1.55. The maximum Gasteiger partial charge on any atom is 0.222 e. The molecule has 2 atom stereocenters. The maximum atomic E-state index is 12.5. The van der Waals surface area contributed by atoms with Gasteiger partial charge in [-0.3, -0.25) is 4.79 Å². The third kappa shape index (κ3) is 4.47. The molecule has 0 spiro atoms. The van der Waals surface area contributed by atoms with Gasteiger partial charge in [0.2, 0.25) is 5.91 Å². The Morgan fingerprint density at radius 3 is 2.95 bits per heavy atom. The molecule has 0 unspecified atom stereocenters. The highest BCUT2D eigenvalue weighted by molar-refractivity contribution is 5.76. The van der Waals surface area contributed by atoms with Crippen LogP contribution in [-0.4, -0.2) is 44.1 Å². The summed E-state index contributed by atoms with van der Waals surface area (Å²) in [5, 5.41) is 3.29. The lowest BCUT2D eigenvalue weighted by atomic mass is 9.96. The summed E-state index contributed by atoms with van der Waals surface area (Å²) >= 11 is 0. The highest BCUT2D eigenvalue weighted by Crippen LogP contribution is 2.23. The van der Waals surface area contributed by atoms with E-state index in [1.165, 1.54) is 5.56 Å². The molecule has 1 N–H and O–H groups in total. The summed E-state index contributed by atoms with van der Waals surface area (Å²) in [6, 6.07) is 8.50. The topological polar surface area (TPSA) is 41.6 Å². The highest BCUT2D eigenvalue weighted by Gasteiger charge is 2.23. The van der Waals surface area contributed by atoms with E-state index in [1.807, 2.05) is 30.1 Å². The van der Waals surface area contributed by atoms with E-state index in [4.69, 9.17) is 4.74 Å². The van der Waals surface area contributed by atoms with Gasteiger partial charge < -0.3 is 15.0 Å². The monoisotopic (exact) mass is 304 g/mol. The van der Waals surface area contributed by atoms with Crippen molar-refractivity contribution < 1.29 is 9.53 Å². The lowest BCUT2D eigenvalue weighted by Crippen LogP contribution is -2.47. The molecule has 22 heavy (non-hydrogen) atoms. The smallest absolute Gasteiger partial charge is 0.222 e. The lowest BCUT2D eigenvalue weighted by Gasteiger charge is -2.33. The number of likely N-dealkylation sites (N-methyl/N-ethyl adjacent to an activating group) is 1. The van der Waals surface area contributed by atoms with Gasteiger partial charge in [0.05, 0.1) is 7.11 Å². The van der Waals surface area contributed by atoms with E-state index in [0.717, 1.165) is 38.1 Å². The van der Waals surface area contributed by atoms with Crippen LogP contribution in [0.3, 0.4) is 0 Å². The zero-order valence-corrected chi connectivity index (χ0v) is 14.0. The standard InChI is InChI=1S/C18H28N2O2/c1-14(11-15-7-4-5-9-17(15)22-3)12-18(21)20-10-6-8-16(13-20)19-2/h4-5,7,9,14,16,19H,6,8,10-13H2,1-3H3/t14-,16-/m0/s1. The summed E-state index contributed by atoms with van der Waals surface area (Å²) in [5.41, 5.74) is 1.18. The first kappa shape index (κ1) is 16.8. The number of para-hydroxylation sites is 1. The van der Waals surface area contributed by atoms with E-state index in [2.05, 4.69) is 18.3 Å². The third-order valence-corrected chi connectivity index (χ3v) is 4.47. The molecule has 0 saturated carbocycles. The van der Waals surface area contributed by atoms with E-state index in [-0.39, 0.29) is 5.91 Å². The van der Waals surface area contributed by atoms with Crippen LogP contribution in [0, 0.1) is 5.92 Å². The van der Waals surface area contributed by atoms with Crippen LogP contribution < -0.4 is 10.1 Å². The molecule has 2 rings (SSSR count). The minimum absolute atomic E-state index is 0.280. The molecule has 1 aromatic rings. The average Bonchev–Trinajstić information content (AvgIpc) is 2.55. The molecule has 0 bridgehead atoms. The fourth-order valence-electron chi connectivity index (χ4n) is 3.19. The summed E-state index contributed by atoms with van der Waals surface area (Å²) < 4.78 is 5.39. The van der Waals surface area contributed by atoms with Crippen molar-refractivity contribution >= 4 is 5.91 Å². The third-order valence-electron chi connectivity index (χ3n) is 4.47. The van der Waals surface area contributed by atoms with Gasteiger partial charge in [-0.2, -0.15) is 0 Å². The molecule has 1 fully saturated rings. The molecule has 1 aromatic carbocycles. The van der Waals surface area contributed by atoms with Gasteiger partial charge in [0, 0.05) is 25.6 Å². The molecule has 1 saturated heterocycles. The van der Waals surface area contributed by atoms with Gasteiger partial charge >= 0.3 is 0 Å². The van der Waals surface area contributed by atoms with Crippen LogP contribution in [0.15, 0.2) is 24.3 Å². The number of nitrogens with zero attached hydrogens (tertiary/aromatic N) is 1. The number of piperidine rings is 1. The number of carbonyl (C=O) groups excluding carboxylic acids is 1. The zero-order valence-electron chi connectivity index (χ0n) is 14.0. The zero-order chi connectivity index (χ0) is 15.9. The molecule has 4 nitrogen and oxygen atoms in total. The molecule has 0 aromatic heterocycles. The van der Waals surface area contributed by atoms with Crippen molar-refractivity contribution in [1.82, 2.24) is 10.2 Å². The van der Waals surface area contributed by atoms with Crippen molar-refractivity contribution in [3.05, 3.63) is 29.8 Å². The molecule has 0 aliphatic carbocycles. The van der Waals surface area contributed by atoms with Crippen molar-refractivity contribution in [2.24, 2.45) is 5.92 Å². The molecule has 1 aliphatic rings. The molecule has 1 aliphatic heterocycles. The number of carbonyl (C=O) groups is 1. The predicted octanol–water partition coefficient (Wildman–Crippen LogP) is 2.47. The van der Waals surface area contributed by atoms with Crippen molar-refractivity contribution in [3.8, 4) is 5.75 Å². The summed E-state index contributed by atoms with van der Waals surface area (Å²) in [7, 11) is 3.67. The van der Waals surface area contributed by atoms with Gasteiger partial charge in [-0.25, -0.2) is 0 Å². The van der Waals surface area contributed by atoms with E-state index in [9.17, 15) is 4.79 Å². The first-order chi connectivity index (χ1) is 10.6. The molecule has 122 valence electrons. The number of rotatable bonds is 6. The Labute approximate surface area is 133 Å². The summed E-state index contributed by atoms with van der Waals surface area (Å²) in [6.45, 7) is 3.89. The number of likely N-dealkylation sites (tertiary alicyclic amines) is 1. The number of nitrogens with one attached hydrogen (secondary N) is 1. The quantitative estimate of drug-likeness (QED) is 0.878. The van der Waals surface area contributed by atoms with E-state index in [1.54, 1.807) is 7.11 Å². The normalized spacial score (nSPS) is 19.8. The summed E-state index contributed by atoms with van der Waals surface area (Å²) in [4.78, 5) is 14.5. The number of benzene rings is 1. The number of ether oxygens (including phenoxy) is 1. The van der Waals surface area contributed by atoms with E-state index < -0.39 is 0 Å². The molecular weight excluding hydrogens is 276 g/mol. The molecule has 4 heteroatoms. The Morgan fingerprint density at radius 1 is 1.45 bits per heavy atom. The van der Waals surface area contributed by atoms with E-state index >= 15 is 0 Å². The SMILES string of the molecule is CN[C@H]1CCCN(C(=O)C[C@@H](C)Cc2ccccc2OC)C1. The van der Waals surface area contributed by atoms with Crippen molar-refractivity contribution in [2.45, 2.75) is 38.6 Å². The fraction of sp³-hybridized carbons (Fsp3) is 0.611. The predicted molar refractivity (Wildman–Crippen MR) is 89.1 cm³/mol. The second kappa shape index (κ2) is 8.18. The Kier molecular flexibility index (Phi) is 6.25. The average molecular weight is 304 g/mol. The molecular formula is C18H28N2O2. The second-order valence-electron chi connectivity index (χ2n) is 6.29. The first-order valence-electron chi connectivity index (χ1n) is 8.21. The maximum absolute atomic E-state index is 12.5. The van der Waals surface area contributed by atoms with Crippen LogP contribution in [0.5, 0.6) is 5.75 Å². The van der Waals surface area contributed by atoms with Crippen LogP contribution in [-0.2, 0) is 11.2 Å². The fourth-order valence-corrected chi connectivity index (χ4v) is 3.19. The van der Waals surface area contributed by atoms with Crippen molar-refractivity contribution in [1.29, 1.82) is 0 Å². The number of methoxy groups -OCH3 is 1. The van der Waals surface area contributed by atoms with Crippen molar-refractivity contribution in [3.63, 3.8) is 0 Å². The minimum Gasteiger partial charge on any atom is -0.496 e. The first-order valence-corrected chi connectivity index (χ1v) is 8.21. The van der Waals surface area contributed by atoms with Crippen LogP contribution >= 0.6 is 0 Å². The van der Waals surface area contributed by atoms with Crippen LogP contribution in [0.2, 0.25) is 0 Å². The van der Waals surface area contributed by atoms with Crippen LogP contribution in [0.1, 0.15) is 31.7 Å². The number of hydrogen-bond donors (Lipinski definition) is 1. The number of hydrogen-bond acceptors (Lipinski definition) is 3. The van der Waals surface area contributed by atoms with Gasteiger partial charge in [-0.05, 0) is 43.9 Å². The van der Waals surface area contributed by atoms with Gasteiger partial charge in [-0.15, -0.1) is 0 Å². The van der Waals surface area contributed by atoms with Gasteiger partial charge in [-0.1, -0.05) is 25.1 Å². The minimum atomic E-state index is 0.280. The number of amides is 1. The van der Waals surface area contributed by atoms with Gasteiger partial charge in [0.25, 0.3) is 0 Å². The molecule has 0 radical (unpaired) electrons. The van der Waals surface area contributed by atoms with Gasteiger partial charge in [0.15, 0.2) is 0 Å². The van der Waals surface area contributed by atoms with Crippen molar-refractivity contribution in [2.75, 3.05) is 27.2 Å². The van der Waals surface area contributed by atoms with E-state index in [0.29, 0.717) is 18.4 Å². The Bertz CT molecular complexity index is 490. The van der Waals surface area contributed by atoms with Crippen LogP contribution in [0.4, 0.5) is 0 Å².